The molecule has 0 spiro atoms. The number of nitrogens with two attached hydrogens (primary N) is 1. The Morgan fingerprint density at radius 3 is 2.10 bits per heavy atom. The van der Waals surface area contributed by atoms with Gasteiger partial charge in [0.15, 0.2) is 0 Å². The van der Waals surface area contributed by atoms with Gasteiger partial charge in [0.2, 0.25) is 0 Å². The van der Waals surface area contributed by atoms with Crippen LogP contribution in [0, 0.1) is 20.8 Å². The van der Waals surface area contributed by atoms with E-state index in [4.69, 9.17) is 5.73 Å². The van der Waals surface area contributed by atoms with E-state index in [1.165, 1.54) is 32.7 Å². The zero-order valence-corrected chi connectivity index (χ0v) is 14.3. The number of thioether (sulfide) groups is 1. The first kappa shape index (κ1) is 16.1. The molecule has 2 aromatic carbocycles. The highest BCUT2D eigenvalue weighted by Gasteiger charge is 2.11. The number of aryl methyl sites for hydroxylation is 3. The molecule has 0 heterocycles. The molecule has 0 fully saturated rings. The van der Waals surface area contributed by atoms with E-state index < -0.39 is 0 Å². The quantitative estimate of drug-likeness (QED) is 0.789. The van der Waals surface area contributed by atoms with Crippen LogP contribution in [0.5, 0.6) is 0 Å². The minimum atomic E-state index is 0.0609. The van der Waals surface area contributed by atoms with Crippen molar-refractivity contribution in [3.05, 3.63) is 64.2 Å². The summed E-state index contributed by atoms with van der Waals surface area (Å²) in [5, 5.41) is 0. The van der Waals surface area contributed by atoms with Crippen LogP contribution in [-0.2, 0) is 6.42 Å². The van der Waals surface area contributed by atoms with Crippen molar-refractivity contribution in [3.63, 3.8) is 0 Å². The molecule has 2 aromatic rings. The van der Waals surface area contributed by atoms with Crippen molar-refractivity contribution in [2.24, 2.45) is 5.73 Å². The van der Waals surface area contributed by atoms with Crippen LogP contribution in [0.2, 0.25) is 0 Å². The highest BCUT2D eigenvalue weighted by Crippen LogP contribution is 2.25. The average molecular weight is 299 g/mol. The fourth-order valence-electron chi connectivity index (χ4n) is 2.85. The van der Waals surface area contributed by atoms with Crippen LogP contribution in [-0.4, -0.2) is 5.75 Å². The lowest BCUT2D eigenvalue weighted by Gasteiger charge is -2.17. The van der Waals surface area contributed by atoms with E-state index in [0.717, 1.165) is 12.2 Å². The molecular weight excluding hydrogens is 274 g/mol. The zero-order chi connectivity index (χ0) is 15.4. The SMILES string of the molecule is CCSc1ccc(C(N)Cc2c(C)cc(C)cc2C)cc1. The van der Waals surface area contributed by atoms with Gasteiger partial charge in [-0.15, -0.1) is 11.8 Å². The third-order valence-corrected chi connectivity index (χ3v) is 4.78. The molecule has 0 amide bonds. The average Bonchev–Trinajstić information content (AvgIpc) is 2.43. The summed E-state index contributed by atoms with van der Waals surface area (Å²) in [5.74, 6) is 1.10. The van der Waals surface area contributed by atoms with Crippen LogP contribution < -0.4 is 5.73 Å². The lowest BCUT2D eigenvalue weighted by molar-refractivity contribution is 0.714. The molecular formula is C19H25NS. The summed E-state index contributed by atoms with van der Waals surface area (Å²) in [5.41, 5.74) is 13.0. The predicted molar refractivity (Wildman–Crippen MR) is 94.1 cm³/mol. The van der Waals surface area contributed by atoms with Crippen LogP contribution >= 0.6 is 11.8 Å². The summed E-state index contributed by atoms with van der Waals surface area (Å²) in [6.07, 6.45) is 0.901. The molecule has 2 rings (SSSR count). The molecule has 0 saturated heterocycles. The van der Waals surface area contributed by atoms with Gasteiger partial charge in [-0.2, -0.15) is 0 Å². The minimum Gasteiger partial charge on any atom is -0.324 e. The lowest BCUT2D eigenvalue weighted by Crippen LogP contribution is -2.14. The largest absolute Gasteiger partial charge is 0.324 e. The van der Waals surface area contributed by atoms with E-state index in [0.29, 0.717) is 0 Å². The molecule has 21 heavy (non-hydrogen) atoms. The predicted octanol–water partition coefficient (Wildman–Crippen LogP) is 4.97. The number of rotatable bonds is 5. The van der Waals surface area contributed by atoms with Crippen molar-refractivity contribution < 1.29 is 0 Å². The van der Waals surface area contributed by atoms with Gasteiger partial charge in [-0.05, 0) is 67.3 Å². The number of benzene rings is 2. The number of hydrogen-bond donors (Lipinski definition) is 1. The van der Waals surface area contributed by atoms with Gasteiger partial charge in [-0.3, -0.25) is 0 Å². The van der Waals surface area contributed by atoms with Gasteiger partial charge in [0.25, 0.3) is 0 Å². The Balaban J connectivity index is 2.16. The fraction of sp³-hybridized carbons (Fsp3) is 0.368. The summed E-state index contributed by atoms with van der Waals surface area (Å²) in [6, 6.07) is 13.2. The Morgan fingerprint density at radius 1 is 1.00 bits per heavy atom. The second-order valence-corrected chi connectivity index (χ2v) is 7.03. The third-order valence-electron chi connectivity index (χ3n) is 3.88. The molecule has 0 saturated carbocycles. The van der Waals surface area contributed by atoms with Crippen molar-refractivity contribution in [3.8, 4) is 0 Å². The Morgan fingerprint density at radius 2 is 1.57 bits per heavy atom. The van der Waals surface area contributed by atoms with Gasteiger partial charge in [-0.25, -0.2) is 0 Å². The monoisotopic (exact) mass is 299 g/mol. The second-order valence-electron chi connectivity index (χ2n) is 5.69. The van der Waals surface area contributed by atoms with Crippen molar-refractivity contribution in [2.45, 2.75) is 45.1 Å². The van der Waals surface area contributed by atoms with Gasteiger partial charge < -0.3 is 5.73 Å². The van der Waals surface area contributed by atoms with Crippen LogP contribution in [0.15, 0.2) is 41.3 Å². The van der Waals surface area contributed by atoms with E-state index >= 15 is 0 Å². The maximum Gasteiger partial charge on any atom is 0.0335 e. The van der Waals surface area contributed by atoms with Crippen LogP contribution in [0.25, 0.3) is 0 Å². The molecule has 0 aliphatic carbocycles. The molecule has 1 nitrogen and oxygen atoms in total. The summed E-state index contributed by atoms with van der Waals surface area (Å²) in [7, 11) is 0. The molecule has 0 aliphatic heterocycles. The Bertz CT molecular complexity index is 578. The molecule has 1 unspecified atom stereocenters. The summed E-state index contributed by atoms with van der Waals surface area (Å²) in [4.78, 5) is 1.32. The maximum atomic E-state index is 6.42. The first-order valence-corrected chi connectivity index (χ1v) is 8.55. The van der Waals surface area contributed by atoms with Crippen molar-refractivity contribution >= 4 is 11.8 Å². The lowest BCUT2D eigenvalue weighted by atomic mass is 9.92. The molecule has 0 bridgehead atoms. The highest BCUT2D eigenvalue weighted by molar-refractivity contribution is 7.99. The van der Waals surface area contributed by atoms with Gasteiger partial charge in [0.05, 0.1) is 0 Å². The summed E-state index contributed by atoms with van der Waals surface area (Å²) >= 11 is 1.87. The normalized spacial score (nSPS) is 12.4. The summed E-state index contributed by atoms with van der Waals surface area (Å²) in [6.45, 7) is 8.69. The first-order valence-electron chi connectivity index (χ1n) is 7.56. The smallest absolute Gasteiger partial charge is 0.0335 e. The van der Waals surface area contributed by atoms with Gasteiger partial charge in [0, 0.05) is 10.9 Å². The van der Waals surface area contributed by atoms with Gasteiger partial charge >= 0.3 is 0 Å². The first-order chi connectivity index (χ1) is 10.0. The molecule has 0 aliphatic rings. The van der Waals surface area contributed by atoms with E-state index in [1.807, 2.05) is 11.8 Å². The molecule has 2 heteroatoms. The third kappa shape index (κ3) is 4.12. The van der Waals surface area contributed by atoms with E-state index in [-0.39, 0.29) is 6.04 Å². The molecule has 0 radical (unpaired) electrons. The number of hydrogen-bond acceptors (Lipinski definition) is 2. The van der Waals surface area contributed by atoms with Crippen LogP contribution in [0.4, 0.5) is 0 Å². The van der Waals surface area contributed by atoms with Crippen molar-refractivity contribution in [1.82, 2.24) is 0 Å². The topological polar surface area (TPSA) is 26.0 Å². The Labute approximate surface area is 133 Å². The molecule has 1 atom stereocenters. The molecule has 0 aromatic heterocycles. The minimum absolute atomic E-state index is 0.0609. The molecule has 2 N–H and O–H groups in total. The zero-order valence-electron chi connectivity index (χ0n) is 13.4. The fourth-order valence-corrected chi connectivity index (χ4v) is 3.51. The Kier molecular flexibility index (Phi) is 5.49. The maximum absolute atomic E-state index is 6.42. The highest BCUT2D eigenvalue weighted by atomic mass is 32.2. The van der Waals surface area contributed by atoms with E-state index in [1.54, 1.807) is 0 Å². The van der Waals surface area contributed by atoms with Crippen molar-refractivity contribution in [2.75, 3.05) is 5.75 Å². The van der Waals surface area contributed by atoms with Gasteiger partial charge in [0.1, 0.15) is 0 Å². The van der Waals surface area contributed by atoms with E-state index in [2.05, 4.69) is 64.1 Å². The van der Waals surface area contributed by atoms with Gasteiger partial charge in [-0.1, -0.05) is 36.8 Å². The second kappa shape index (κ2) is 7.15. The van der Waals surface area contributed by atoms with Crippen LogP contribution in [0.1, 0.15) is 40.8 Å². The van der Waals surface area contributed by atoms with Crippen molar-refractivity contribution in [1.29, 1.82) is 0 Å². The Hall–Kier alpha value is -1.25. The summed E-state index contributed by atoms with van der Waals surface area (Å²) < 4.78 is 0. The molecule has 112 valence electrons. The van der Waals surface area contributed by atoms with E-state index in [9.17, 15) is 0 Å². The van der Waals surface area contributed by atoms with Crippen LogP contribution in [0.3, 0.4) is 0 Å². The standard InChI is InChI=1S/C19H25NS/c1-5-21-17-8-6-16(7-9-17)19(20)12-18-14(3)10-13(2)11-15(18)4/h6-11,19H,5,12,20H2,1-4H3.